The van der Waals surface area contributed by atoms with E-state index in [0.717, 1.165) is 5.69 Å². The summed E-state index contributed by atoms with van der Waals surface area (Å²) in [5.41, 5.74) is 12.0. The molecule has 4 nitrogen and oxygen atoms in total. The number of benzene rings is 8. The molecule has 268 valence electrons. The van der Waals surface area contributed by atoms with E-state index in [2.05, 4.69) is 215 Å². The summed E-state index contributed by atoms with van der Waals surface area (Å²) in [5, 5.41) is 16.8. The largest absolute Gasteiger partial charge is 0.309 e. The molecule has 3 atom stereocenters. The van der Waals surface area contributed by atoms with Crippen LogP contribution in [0.2, 0.25) is 0 Å². The zero-order valence-electron chi connectivity index (χ0n) is 30.6. The molecule has 3 unspecified atom stereocenters. The highest BCUT2D eigenvalue weighted by molar-refractivity contribution is 7.25. The van der Waals surface area contributed by atoms with Gasteiger partial charge in [0.1, 0.15) is 0 Å². The maximum absolute atomic E-state index is 3.91. The maximum atomic E-state index is 3.91. The lowest BCUT2D eigenvalue weighted by Crippen LogP contribution is -2.54. The van der Waals surface area contributed by atoms with Gasteiger partial charge in [-0.3, -0.25) is 16.0 Å². The fraction of sp³-hybridized carbons (Fsp3) is 0.0588. The van der Waals surface area contributed by atoms with Crippen molar-refractivity contribution < 1.29 is 0 Å². The monoisotopic (exact) mass is 738 g/mol. The number of para-hydroxylation sites is 1. The Labute approximate surface area is 329 Å². The van der Waals surface area contributed by atoms with Crippen LogP contribution in [-0.4, -0.2) is 4.57 Å². The molecular formula is C51H38N4S. The molecule has 56 heavy (non-hydrogen) atoms. The number of hydrogen-bond acceptors (Lipinski definition) is 4. The molecule has 0 amide bonds. The van der Waals surface area contributed by atoms with Crippen molar-refractivity contribution in [3.05, 3.63) is 211 Å². The molecule has 10 aromatic rings. The van der Waals surface area contributed by atoms with E-state index < -0.39 is 0 Å². The van der Waals surface area contributed by atoms with Gasteiger partial charge in [-0.15, -0.1) is 11.3 Å². The second kappa shape index (κ2) is 13.7. The van der Waals surface area contributed by atoms with E-state index in [0.29, 0.717) is 0 Å². The third-order valence-electron chi connectivity index (χ3n) is 11.3. The van der Waals surface area contributed by atoms with Crippen molar-refractivity contribution in [2.24, 2.45) is 0 Å². The van der Waals surface area contributed by atoms with Crippen LogP contribution in [0.3, 0.4) is 0 Å². The summed E-state index contributed by atoms with van der Waals surface area (Å²) >= 11 is 1.86. The van der Waals surface area contributed by atoms with Crippen molar-refractivity contribution in [3.8, 4) is 27.9 Å². The first-order valence-corrected chi connectivity index (χ1v) is 20.1. The lowest BCUT2D eigenvalue weighted by Gasteiger charge is -2.39. The summed E-state index contributed by atoms with van der Waals surface area (Å²) in [7, 11) is 0. The molecule has 0 aliphatic carbocycles. The predicted octanol–water partition coefficient (Wildman–Crippen LogP) is 12.7. The van der Waals surface area contributed by atoms with Crippen LogP contribution in [0, 0.1) is 0 Å². The third kappa shape index (κ3) is 5.81. The number of fused-ring (bicyclic) bond motifs is 6. The fourth-order valence-corrected chi connectivity index (χ4v) is 9.63. The Hall–Kier alpha value is -6.34. The quantitative estimate of drug-likeness (QED) is 0.159. The average Bonchev–Trinajstić information content (AvgIpc) is 3.82. The van der Waals surface area contributed by atoms with Gasteiger partial charge < -0.3 is 4.57 Å². The summed E-state index contributed by atoms with van der Waals surface area (Å²) in [6, 6.07) is 70.5. The first kappa shape index (κ1) is 33.0. The van der Waals surface area contributed by atoms with Crippen molar-refractivity contribution >= 4 is 53.3 Å². The van der Waals surface area contributed by atoms with Gasteiger partial charge in [0.2, 0.25) is 0 Å². The Kier molecular flexibility index (Phi) is 8.11. The van der Waals surface area contributed by atoms with E-state index in [-0.39, 0.29) is 18.5 Å². The van der Waals surface area contributed by atoms with Crippen molar-refractivity contribution in [2.45, 2.75) is 18.5 Å². The van der Waals surface area contributed by atoms with Crippen molar-refractivity contribution in [2.75, 3.05) is 0 Å². The average molecular weight is 739 g/mol. The van der Waals surface area contributed by atoms with Gasteiger partial charge in [-0.25, -0.2) is 0 Å². The van der Waals surface area contributed by atoms with Crippen molar-refractivity contribution in [1.82, 2.24) is 20.5 Å². The molecule has 11 rings (SSSR count). The van der Waals surface area contributed by atoms with Gasteiger partial charge in [0.15, 0.2) is 0 Å². The zero-order valence-corrected chi connectivity index (χ0v) is 31.4. The summed E-state index contributed by atoms with van der Waals surface area (Å²) < 4.78 is 5.08. The van der Waals surface area contributed by atoms with Gasteiger partial charge in [0.05, 0.1) is 29.5 Å². The van der Waals surface area contributed by atoms with Crippen molar-refractivity contribution in [3.63, 3.8) is 0 Å². The summed E-state index contributed by atoms with van der Waals surface area (Å²) in [6.45, 7) is 0. The van der Waals surface area contributed by atoms with E-state index in [1.165, 1.54) is 80.9 Å². The molecule has 1 aliphatic heterocycles. The highest BCUT2D eigenvalue weighted by Gasteiger charge is 2.30. The lowest BCUT2D eigenvalue weighted by molar-refractivity contribution is 0.203. The van der Waals surface area contributed by atoms with Crippen LogP contribution in [0.15, 0.2) is 194 Å². The van der Waals surface area contributed by atoms with Crippen LogP contribution in [0.4, 0.5) is 0 Å². The molecule has 1 aliphatic rings. The second-order valence-electron chi connectivity index (χ2n) is 14.7. The SMILES string of the molecule is c1ccc(-c2ccc(C3NC(c4ccccc4)NC(c4cccc(-n5c6ccccc6c6cc(-c7ccc8sc9ccccc9c8c7)ccc65)c4)N3)cc2)cc1. The summed E-state index contributed by atoms with van der Waals surface area (Å²) in [6.07, 6.45) is -0.233. The second-order valence-corrected chi connectivity index (χ2v) is 15.8. The maximum Gasteiger partial charge on any atom is 0.0865 e. The van der Waals surface area contributed by atoms with Crippen LogP contribution in [0.25, 0.3) is 69.9 Å². The molecule has 0 spiro atoms. The highest BCUT2D eigenvalue weighted by atomic mass is 32.1. The number of nitrogens with one attached hydrogen (secondary N) is 3. The fourth-order valence-electron chi connectivity index (χ4n) is 8.55. The van der Waals surface area contributed by atoms with Crippen LogP contribution >= 0.6 is 11.3 Å². The number of hydrogen-bond donors (Lipinski definition) is 3. The molecule has 0 radical (unpaired) electrons. The highest BCUT2D eigenvalue weighted by Crippen LogP contribution is 2.39. The molecular weight excluding hydrogens is 701 g/mol. The van der Waals surface area contributed by atoms with E-state index in [4.69, 9.17) is 0 Å². The normalized spacial score (nSPS) is 17.2. The molecule has 3 heterocycles. The number of thiophene rings is 1. The van der Waals surface area contributed by atoms with Gasteiger partial charge in [0, 0.05) is 36.6 Å². The third-order valence-corrected chi connectivity index (χ3v) is 12.5. The van der Waals surface area contributed by atoms with Gasteiger partial charge in [0.25, 0.3) is 0 Å². The molecule has 5 heteroatoms. The topological polar surface area (TPSA) is 41.0 Å². The van der Waals surface area contributed by atoms with Crippen LogP contribution < -0.4 is 16.0 Å². The van der Waals surface area contributed by atoms with E-state index in [9.17, 15) is 0 Å². The van der Waals surface area contributed by atoms with Gasteiger partial charge in [-0.2, -0.15) is 0 Å². The van der Waals surface area contributed by atoms with E-state index in [1.807, 2.05) is 11.3 Å². The smallest absolute Gasteiger partial charge is 0.0865 e. The number of rotatable bonds is 6. The van der Waals surface area contributed by atoms with Gasteiger partial charge >= 0.3 is 0 Å². The molecule has 8 aromatic carbocycles. The minimum absolute atomic E-state index is 0.0529. The molecule has 0 bridgehead atoms. The molecule has 1 fully saturated rings. The first-order chi connectivity index (χ1) is 27.7. The van der Waals surface area contributed by atoms with Crippen molar-refractivity contribution in [1.29, 1.82) is 0 Å². The zero-order chi connectivity index (χ0) is 37.0. The Morgan fingerprint density at radius 3 is 1.66 bits per heavy atom. The Morgan fingerprint density at radius 2 is 0.875 bits per heavy atom. The standard InChI is InChI=1S/C51H38N4S/c1-3-12-33(13-4-1)34-22-24-36(25-23-34)50-52-49(35-14-5-2-6-15-35)53-51(54-50)39-16-11-17-40(30-39)55-45-20-9-7-18-41(45)43-31-37(26-28-46(43)55)38-27-29-48-44(32-38)42-19-8-10-21-47(42)56-48/h1-32,49-54H. The molecule has 2 aromatic heterocycles. The van der Waals surface area contributed by atoms with Crippen LogP contribution in [0.5, 0.6) is 0 Å². The Bertz CT molecular complexity index is 3020. The molecule has 3 N–H and O–H groups in total. The Morgan fingerprint density at radius 1 is 0.339 bits per heavy atom. The lowest BCUT2D eigenvalue weighted by atomic mass is 10.0. The van der Waals surface area contributed by atoms with Gasteiger partial charge in [-0.1, -0.05) is 146 Å². The minimum Gasteiger partial charge on any atom is -0.309 e. The van der Waals surface area contributed by atoms with E-state index >= 15 is 0 Å². The number of nitrogens with zero attached hydrogens (tertiary/aromatic N) is 1. The van der Waals surface area contributed by atoms with E-state index in [1.54, 1.807) is 0 Å². The number of aromatic nitrogens is 1. The predicted molar refractivity (Wildman–Crippen MR) is 235 cm³/mol. The first-order valence-electron chi connectivity index (χ1n) is 19.3. The minimum atomic E-state index is -0.108. The summed E-state index contributed by atoms with van der Waals surface area (Å²) in [4.78, 5) is 0. The van der Waals surface area contributed by atoms with Crippen LogP contribution in [-0.2, 0) is 0 Å². The Balaban J connectivity index is 0.970. The molecule has 0 saturated carbocycles. The van der Waals surface area contributed by atoms with Gasteiger partial charge in [-0.05, 0) is 87.5 Å². The summed E-state index contributed by atoms with van der Waals surface area (Å²) in [5.74, 6) is 0. The van der Waals surface area contributed by atoms with Crippen LogP contribution in [0.1, 0.15) is 35.2 Å². The molecule has 1 saturated heterocycles.